The summed E-state index contributed by atoms with van der Waals surface area (Å²) in [6.07, 6.45) is 0. The molecule has 0 aliphatic rings. The van der Waals surface area contributed by atoms with Gasteiger partial charge in [-0.15, -0.1) is 0 Å². The SMILES string of the molecule is C[Si](C)(C)[CH]([Bi][CH]([Si](C)(C)C)[Si](C)(C)C)[Si](C)(C)C. The summed E-state index contributed by atoms with van der Waals surface area (Å²) in [7, 11) is -3.82. The van der Waals surface area contributed by atoms with Crippen molar-refractivity contribution in [1.29, 1.82) is 0 Å². The summed E-state index contributed by atoms with van der Waals surface area (Å²) in [4.78, 5) is 0. The van der Waals surface area contributed by atoms with E-state index in [2.05, 4.69) is 78.6 Å². The molecule has 0 fully saturated rings. The molecule has 0 rings (SSSR count). The van der Waals surface area contributed by atoms with Crippen molar-refractivity contribution < 1.29 is 0 Å². The van der Waals surface area contributed by atoms with Crippen molar-refractivity contribution >= 4 is 55.5 Å². The molecule has 0 N–H and O–H groups in total. The van der Waals surface area contributed by atoms with Crippen LogP contribution >= 0.6 is 0 Å². The number of hydrogen-bond acceptors (Lipinski definition) is 0. The normalized spacial score (nSPS) is 15.5. The molecule has 0 aliphatic carbocycles. The van der Waals surface area contributed by atoms with Crippen LogP contribution in [0.1, 0.15) is 0 Å². The van der Waals surface area contributed by atoms with Gasteiger partial charge in [0.2, 0.25) is 0 Å². The van der Waals surface area contributed by atoms with Gasteiger partial charge in [-0.2, -0.15) is 0 Å². The maximum atomic E-state index is 2.66. The van der Waals surface area contributed by atoms with E-state index in [9.17, 15) is 0 Å². The fraction of sp³-hybridized carbons (Fsp3) is 1.00. The monoisotopic (exact) mass is 527 g/mol. The van der Waals surface area contributed by atoms with E-state index in [1.165, 1.54) is 5.74 Å². The Kier molecular flexibility index (Phi) is 7.07. The van der Waals surface area contributed by atoms with E-state index >= 15 is 0 Å². The fourth-order valence-electron chi connectivity index (χ4n) is 3.64. The van der Waals surface area contributed by atoms with Crippen LogP contribution in [0.3, 0.4) is 0 Å². The summed E-state index contributed by atoms with van der Waals surface area (Å²) >= 11 is -0.380. The molecule has 0 aromatic rings. The van der Waals surface area contributed by atoms with Gasteiger partial charge in [0.25, 0.3) is 0 Å². The van der Waals surface area contributed by atoms with E-state index in [4.69, 9.17) is 0 Å². The van der Waals surface area contributed by atoms with Gasteiger partial charge in [-0.3, -0.25) is 0 Å². The molecule has 0 spiro atoms. The molecule has 5 heteroatoms. The standard InChI is InChI=1S/2C7H19Si2.Bi/c2*1-8(2,3)7-9(4,5)6;/h2*7H,1-6H3;. The molecule has 0 saturated carbocycles. The molecule has 0 unspecified atom stereocenters. The summed E-state index contributed by atoms with van der Waals surface area (Å²) in [6, 6.07) is 0. The Bertz CT molecular complexity index is 231. The average Bonchev–Trinajstić information content (AvgIpc) is 1.91. The predicted octanol–water partition coefficient (Wildman–Crippen LogP) is 5.78. The predicted molar refractivity (Wildman–Crippen MR) is 107 cm³/mol. The van der Waals surface area contributed by atoms with Gasteiger partial charge in [0.05, 0.1) is 0 Å². The van der Waals surface area contributed by atoms with E-state index < -0.39 is 32.3 Å². The zero-order valence-electron chi connectivity index (χ0n) is 15.6. The van der Waals surface area contributed by atoms with E-state index in [0.29, 0.717) is 0 Å². The molecule has 0 aliphatic heterocycles. The Morgan fingerprint density at radius 3 is 0.684 bits per heavy atom. The quantitative estimate of drug-likeness (QED) is 0.384. The van der Waals surface area contributed by atoms with Crippen molar-refractivity contribution in [3.8, 4) is 0 Å². The van der Waals surface area contributed by atoms with Gasteiger partial charge in [-0.1, -0.05) is 0 Å². The topological polar surface area (TPSA) is 0 Å². The van der Waals surface area contributed by atoms with Crippen molar-refractivity contribution in [2.24, 2.45) is 0 Å². The van der Waals surface area contributed by atoms with Crippen LogP contribution in [-0.4, -0.2) is 55.5 Å². The molecular formula is C14H38BiSi4. The van der Waals surface area contributed by atoms with Crippen LogP contribution in [0.15, 0.2) is 0 Å². The molecule has 0 nitrogen and oxygen atoms in total. The molecule has 19 heavy (non-hydrogen) atoms. The summed E-state index contributed by atoms with van der Waals surface area (Å²) in [5, 5.41) is 0. The first-order chi connectivity index (χ1) is 7.97. The zero-order valence-corrected chi connectivity index (χ0v) is 23.1. The van der Waals surface area contributed by atoms with Crippen LogP contribution in [0.2, 0.25) is 84.3 Å². The minimum atomic E-state index is -0.956. The summed E-state index contributed by atoms with van der Waals surface area (Å²) in [5.74, 6) is 0. The first-order valence-corrected chi connectivity index (χ1v) is 26.0. The summed E-state index contributed by atoms with van der Waals surface area (Å²) in [5.41, 5.74) is 0. The van der Waals surface area contributed by atoms with Crippen molar-refractivity contribution in [2.45, 2.75) is 84.3 Å². The third-order valence-corrected chi connectivity index (χ3v) is 64.2. The molecule has 0 atom stereocenters. The molecule has 0 bridgehead atoms. The van der Waals surface area contributed by atoms with Crippen molar-refractivity contribution in [3.05, 3.63) is 0 Å². The minimum absolute atomic E-state index is 0.380. The molecule has 0 saturated heterocycles. The first-order valence-electron chi connectivity index (χ1n) is 7.67. The van der Waals surface area contributed by atoms with Crippen molar-refractivity contribution in [2.75, 3.05) is 0 Å². The van der Waals surface area contributed by atoms with Crippen LogP contribution in [0.5, 0.6) is 0 Å². The Morgan fingerprint density at radius 2 is 0.579 bits per heavy atom. The van der Waals surface area contributed by atoms with Gasteiger partial charge in [0.1, 0.15) is 0 Å². The molecule has 1 radical (unpaired) electrons. The van der Waals surface area contributed by atoms with Gasteiger partial charge in [0.15, 0.2) is 0 Å². The first kappa shape index (κ1) is 20.8. The zero-order chi connectivity index (χ0) is 15.9. The number of rotatable bonds is 6. The second-order valence-electron chi connectivity index (χ2n) is 10.4. The van der Waals surface area contributed by atoms with Crippen LogP contribution < -0.4 is 0 Å². The van der Waals surface area contributed by atoms with E-state index in [1.54, 1.807) is 0 Å². The van der Waals surface area contributed by atoms with Gasteiger partial charge < -0.3 is 0 Å². The Balaban J connectivity index is 5.43. The van der Waals surface area contributed by atoms with Crippen LogP contribution in [0.25, 0.3) is 0 Å². The third kappa shape index (κ3) is 7.03. The van der Waals surface area contributed by atoms with E-state index in [-0.39, 0.29) is 23.2 Å². The maximum absolute atomic E-state index is 2.66. The van der Waals surface area contributed by atoms with Gasteiger partial charge in [-0.25, -0.2) is 0 Å². The van der Waals surface area contributed by atoms with Crippen LogP contribution in [-0.2, 0) is 0 Å². The molecule has 0 heterocycles. The second kappa shape index (κ2) is 6.47. The van der Waals surface area contributed by atoms with E-state index in [0.717, 1.165) is 0 Å². The van der Waals surface area contributed by atoms with Crippen LogP contribution in [0, 0.1) is 0 Å². The molecule has 0 aromatic heterocycles. The molecule has 0 amide bonds. The van der Waals surface area contributed by atoms with Crippen molar-refractivity contribution in [1.82, 2.24) is 0 Å². The number of hydrogen-bond donors (Lipinski definition) is 0. The van der Waals surface area contributed by atoms with Gasteiger partial charge in [0, 0.05) is 0 Å². The molecular weight excluding hydrogens is 489 g/mol. The summed E-state index contributed by atoms with van der Waals surface area (Å²) < 4.78 is 2.53. The van der Waals surface area contributed by atoms with Crippen LogP contribution in [0.4, 0.5) is 0 Å². The Labute approximate surface area is 139 Å². The molecule has 0 aromatic carbocycles. The Morgan fingerprint density at radius 1 is 0.421 bits per heavy atom. The summed E-state index contributed by atoms with van der Waals surface area (Å²) in [6.45, 7) is 31.9. The Hall–Kier alpha value is 1.75. The third-order valence-electron chi connectivity index (χ3n) is 3.58. The molecule has 115 valence electrons. The second-order valence-corrected chi connectivity index (χ2v) is 45.9. The average molecular weight is 528 g/mol. The van der Waals surface area contributed by atoms with Crippen molar-refractivity contribution in [3.63, 3.8) is 0 Å². The fourth-order valence-corrected chi connectivity index (χ4v) is 58.7. The van der Waals surface area contributed by atoms with Gasteiger partial charge >= 0.3 is 140 Å². The van der Waals surface area contributed by atoms with E-state index in [1.807, 2.05) is 0 Å². The van der Waals surface area contributed by atoms with Gasteiger partial charge in [-0.05, 0) is 0 Å².